The van der Waals surface area contributed by atoms with Crippen LogP contribution >= 0.6 is 0 Å². The van der Waals surface area contributed by atoms with Crippen LogP contribution < -0.4 is 11.2 Å². The van der Waals surface area contributed by atoms with Crippen LogP contribution in [0.3, 0.4) is 0 Å². The van der Waals surface area contributed by atoms with E-state index in [4.69, 9.17) is 10.9 Å². The average Bonchev–Trinajstić information content (AvgIpc) is 1.65. The normalized spacial score (nSPS) is 12.9. The van der Waals surface area contributed by atoms with Gasteiger partial charge in [-0.3, -0.25) is 10.0 Å². The molecular weight excluding hydrogens is 108 g/mol. The average molecular weight is 118 g/mol. The zero-order valence-corrected chi connectivity index (χ0v) is 4.72. The van der Waals surface area contributed by atoms with Gasteiger partial charge in [0.2, 0.25) is 5.91 Å². The number of carbonyl (C=O) groups excluding carboxylic acids is 1. The fourth-order valence-corrected chi connectivity index (χ4v) is 0.338. The summed E-state index contributed by atoms with van der Waals surface area (Å²) in [6.45, 7) is 1.69. The zero-order chi connectivity index (χ0) is 6.57. The van der Waals surface area contributed by atoms with Gasteiger partial charge in [0.1, 0.15) is 0 Å². The molecule has 8 heavy (non-hydrogen) atoms. The number of carbonyl (C=O) groups is 1. The fraction of sp³-hybridized carbons (Fsp3) is 0.750. The van der Waals surface area contributed by atoms with E-state index < -0.39 is 5.91 Å². The monoisotopic (exact) mass is 118 g/mol. The Hall–Kier alpha value is -0.610. The van der Waals surface area contributed by atoms with Crippen LogP contribution in [-0.4, -0.2) is 17.2 Å². The van der Waals surface area contributed by atoms with E-state index in [1.165, 1.54) is 5.48 Å². The first-order chi connectivity index (χ1) is 3.66. The number of nitrogens with two attached hydrogens (primary N) is 1. The molecule has 0 aliphatic heterocycles. The van der Waals surface area contributed by atoms with Gasteiger partial charge < -0.3 is 5.73 Å². The van der Waals surface area contributed by atoms with Gasteiger partial charge >= 0.3 is 0 Å². The second kappa shape index (κ2) is 3.40. The third-order valence-corrected chi connectivity index (χ3v) is 0.632. The molecule has 4 N–H and O–H groups in total. The standard InChI is InChI=1S/C4H10N2O2/c1-3(5)2-4(7)6-8/h3,8H,2,5H2,1H3,(H,6,7)/t3-/m1/s1. The third kappa shape index (κ3) is 3.58. The van der Waals surface area contributed by atoms with E-state index in [1.807, 2.05) is 0 Å². The molecule has 0 fully saturated rings. The Balaban J connectivity index is 3.25. The van der Waals surface area contributed by atoms with Gasteiger partial charge in [-0.25, -0.2) is 5.48 Å². The second-order valence-electron chi connectivity index (χ2n) is 1.72. The Morgan fingerprint density at radius 2 is 2.50 bits per heavy atom. The van der Waals surface area contributed by atoms with Gasteiger partial charge in [-0.05, 0) is 6.92 Å². The number of nitrogens with one attached hydrogen (secondary N) is 1. The predicted octanol–water partition coefficient (Wildman–Crippen LogP) is -0.771. The summed E-state index contributed by atoms with van der Waals surface area (Å²) in [5.41, 5.74) is 6.67. The van der Waals surface area contributed by atoms with Crippen LogP contribution in [0.1, 0.15) is 13.3 Å². The van der Waals surface area contributed by atoms with Crippen molar-refractivity contribution >= 4 is 5.91 Å². The van der Waals surface area contributed by atoms with Gasteiger partial charge in [-0.15, -0.1) is 0 Å². The first kappa shape index (κ1) is 7.39. The highest BCUT2D eigenvalue weighted by Gasteiger charge is 2.00. The van der Waals surface area contributed by atoms with Crippen LogP contribution in [-0.2, 0) is 4.79 Å². The van der Waals surface area contributed by atoms with Crippen molar-refractivity contribution in [1.29, 1.82) is 0 Å². The molecule has 0 aromatic rings. The summed E-state index contributed by atoms with van der Waals surface area (Å²) < 4.78 is 0. The van der Waals surface area contributed by atoms with Crippen molar-refractivity contribution in [3.05, 3.63) is 0 Å². The summed E-state index contributed by atoms with van der Waals surface area (Å²) in [5.74, 6) is -0.444. The smallest absolute Gasteiger partial charge is 0.244 e. The molecule has 1 amide bonds. The lowest BCUT2D eigenvalue weighted by atomic mass is 10.2. The Bertz CT molecular complexity index is 82.1. The van der Waals surface area contributed by atoms with E-state index >= 15 is 0 Å². The van der Waals surface area contributed by atoms with Crippen molar-refractivity contribution < 1.29 is 10.0 Å². The molecule has 0 aliphatic carbocycles. The number of hydrogen-bond acceptors (Lipinski definition) is 3. The number of amides is 1. The van der Waals surface area contributed by atoms with E-state index in [0.717, 1.165) is 0 Å². The molecule has 0 aromatic heterocycles. The Morgan fingerprint density at radius 1 is 2.00 bits per heavy atom. The molecule has 0 aromatic carbocycles. The van der Waals surface area contributed by atoms with Crippen molar-refractivity contribution in [2.24, 2.45) is 5.73 Å². The Kier molecular flexibility index (Phi) is 3.14. The van der Waals surface area contributed by atoms with E-state index in [0.29, 0.717) is 0 Å². The van der Waals surface area contributed by atoms with Crippen molar-refractivity contribution in [3.8, 4) is 0 Å². The first-order valence-corrected chi connectivity index (χ1v) is 2.35. The first-order valence-electron chi connectivity index (χ1n) is 2.35. The molecule has 0 saturated heterocycles. The second-order valence-corrected chi connectivity index (χ2v) is 1.72. The summed E-state index contributed by atoms with van der Waals surface area (Å²) >= 11 is 0. The maximum absolute atomic E-state index is 10.2. The predicted molar refractivity (Wildman–Crippen MR) is 28.2 cm³/mol. The minimum absolute atomic E-state index is 0.163. The summed E-state index contributed by atoms with van der Waals surface area (Å²) in [6, 6.07) is -0.192. The lowest BCUT2D eigenvalue weighted by Crippen LogP contribution is -2.27. The molecule has 48 valence electrons. The summed E-state index contributed by atoms with van der Waals surface area (Å²) in [6.07, 6.45) is 0.163. The zero-order valence-electron chi connectivity index (χ0n) is 4.72. The highest BCUT2D eigenvalue weighted by Crippen LogP contribution is 1.82. The van der Waals surface area contributed by atoms with Crippen molar-refractivity contribution in [2.45, 2.75) is 19.4 Å². The maximum Gasteiger partial charge on any atom is 0.244 e. The summed E-state index contributed by atoms with van der Waals surface area (Å²) in [7, 11) is 0. The maximum atomic E-state index is 10.2. The van der Waals surface area contributed by atoms with Crippen LogP contribution in [0.5, 0.6) is 0 Å². The number of hydroxylamine groups is 1. The lowest BCUT2D eigenvalue weighted by Gasteiger charge is -1.99. The fourth-order valence-electron chi connectivity index (χ4n) is 0.338. The van der Waals surface area contributed by atoms with Crippen molar-refractivity contribution in [3.63, 3.8) is 0 Å². The van der Waals surface area contributed by atoms with Crippen LogP contribution in [0.25, 0.3) is 0 Å². The molecular formula is C4H10N2O2. The van der Waals surface area contributed by atoms with E-state index in [-0.39, 0.29) is 12.5 Å². The molecule has 1 atom stereocenters. The largest absolute Gasteiger partial charge is 0.327 e. The number of hydrogen-bond donors (Lipinski definition) is 3. The van der Waals surface area contributed by atoms with Gasteiger partial charge in [0, 0.05) is 12.5 Å². The summed E-state index contributed by atoms with van der Waals surface area (Å²) in [4.78, 5) is 10.2. The molecule has 4 nitrogen and oxygen atoms in total. The minimum Gasteiger partial charge on any atom is -0.327 e. The molecule has 0 aliphatic rings. The van der Waals surface area contributed by atoms with E-state index in [1.54, 1.807) is 6.92 Å². The Morgan fingerprint density at radius 3 is 2.62 bits per heavy atom. The van der Waals surface area contributed by atoms with Crippen LogP contribution in [0.4, 0.5) is 0 Å². The minimum atomic E-state index is -0.444. The van der Waals surface area contributed by atoms with Crippen LogP contribution in [0, 0.1) is 0 Å². The molecule has 0 saturated carbocycles. The highest BCUT2D eigenvalue weighted by molar-refractivity contribution is 5.75. The molecule has 0 spiro atoms. The SMILES string of the molecule is C[C@@H](N)CC(=O)NO. The van der Waals surface area contributed by atoms with E-state index in [9.17, 15) is 4.79 Å². The highest BCUT2D eigenvalue weighted by atomic mass is 16.5. The molecule has 0 unspecified atom stereocenters. The van der Waals surface area contributed by atoms with Gasteiger partial charge in [0.15, 0.2) is 0 Å². The lowest BCUT2D eigenvalue weighted by molar-refractivity contribution is -0.129. The Labute approximate surface area is 47.6 Å². The molecule has 0 heterocycles. The van der Waals surface area contributed by atoms with Crippen molar-refractivity contribution in [1.82, 2.24) is 5.48 Å². The molecule has 4 heteroatoms. The molecule has 0 rings (SSSR count). The van der Waals surface area contributed by atoms with Crippen LogP contribution in [0.2, 0.25) is 0 Å². The topological polar surface area (TPSA) is 75.4 Å². The van der Waals surface area contributed by atoms with E-state index in [2.05, 4.69) is 0 Å². The van der Waals surface area contributed by atoms with Gasteiger partial charge in [0.05, 0.1) is 0 Å². The van der Waals surface area contributed by atoms with Gasteiger partial charge in [0.25, 0.3) is 0 Å². The molecule has 0 radical (unpaired) electrons. The van der Waals surface area contributed by atoms with Crippen LogP contribution in [0.15, 0.2) is 0 Å². The third-order valence-electron chi connectivity index (χ3n) is 0.632. The van der Waals surface area contributed by atoms with Gasteiger partial charge in [-0.1, -0.05) is 0 Å². The number of rotatable bonds is 2. The van der Waals surface area contributed by atoms with Gasteiger partial charge in [-0.2, -0.15) is 0 Å². The summed E-state index contributed by atoms with van der Waals surface area (Å²) in [5, 5.41) is 7.93. The molecule has 0 bridgehead atoms. The quantitative estimate of drug-likeness (QED) is 0.329. The van der Waals surface area contributed by atoms with Crippen molar-refractivity contribution in [2.75, 3.05) is 0 Å².